The summed E-state index contributed by atoms with van der Waals surface area (Å²) in [6, 6.07) is 14.1. The highest BCUT2D eigenvalue weighted by Gasteiger charge is 2.26. The lowest BCUT2D eigenvalue weighted by molar-refractivity contribution is -0.126. The number of aryl methyl sites for hydroxylation is 1. The average molecular weight is 325 g/mol. The van der Waals surface area contributed by atoms with Gasteiger partial charge in [-0.1, -0.05) is 31.2 Å². The molecule has 0 aromatic heterocycles. The number of ether oxygens (including phenoxy) is 2. The van der Waals surface area contributed by atoms with E-state index in [1.807, 2.05) is 18.2 Å². The van der Waals surface area contributed by atoms with E-state index in [0.717, 1.165) is 29.0 Å². The summed E-state index contributed by atoms with van der Waals surface area (Å²) in [5, 5.41) is 3.02. The zero-order valence-corrected chi connectivity index (χ0v) is 14.2. The van der Waals surface area contributed by atoms with E-state index in [9.17, 15) is 4.79 Å². The standard InChI is InChI=1S/C20H23NO3/c1-3-14-4-6-15(7-5-14)12-21-20(22)17-10-16-11-18(23-2)8-9-19(16)24-13-17/h4-9,11,17H,3,10,12-13H2,1-2H3,(H,21,22). The SMILES string of the molecule is CCc1ccc(CNC(=O)C2COc3ccc(OC)cc3C2)cc1. The molecule has 1 aliphatic rings. The van der Waals surface area contributed by atoms with Crippen LogP contribution in [0.1, 0.15) is 23.6 Å². The number of carbonyl (C=O) groups excluding carboxylic acids is 1. The zero-order valence-electron chi connectivity index (χ0n) is 14.2. The number of methoxy groups -OCH3 is 1. The fourth-order valence-electron chi connectivity index (χ4n) is 2.89. The van der Waals surface area contributed by atoms with Crippen LogP contribution in [0.25, 0.3) is 0 Å². The van der Waals surface area contributed by atoms with E-state index in [4.69, 9.17) is 9.47 Å². The van der Waals surface area contributed by atoms with Gasteiger partial charge in [0, 0.05) is 6.54 Å². The topological polar surface area (TPSA) is 47.6 Å². The van der Waals surface area contributed by atoms with Crippen LogP contribution in [0.2, 0.25) is 0 Å². The molecule has 0 spiro atoms. The summed E-state index contributed by atoms with van der Waals surface area (Å²) < 4.78 is 11.0. The van der Waals surface area contributed by atoms with Gasteiger partial charge in [0.2, 0.25) is 5.91 Å². The van der Waals surface area contributed by atoms with Crippen molar-refractivity contribution >= 4 is 5.91 Å². The number of nitrogens with one attached hydrogen (secondary N) is 1. The summed E-state index contributed by atoms with van der Waals surface area (Å²) in [5.74, 6) is 1.49. The van der Waals surface area contributed by atoms with Crippen molar-refractivity contribution in [3.63, 3.8) is 0 Å². The number of benzene rings is 2. The molecule has 1 heterocycles. The summed E-state index contributed by atoms with van der Waals surface area (Å²) in [7, 11) is 1.64. The Hall–Kier alpha value is -2.49. The van der Waals surface area contributed by atoms with Gasteiger partial charge in [0.25, 0.3) is 0 Å². The molecule has 1 unspecified atom stereocenters. The Morgan fingerprint density at radius 1 is 1.21 bits per heavy atom. The van der Waals surface area contributed by atoms with E-state index < -0.39 is 0 Å². The predicted octanol–water partition coefficient (Wildman–Crippen LogP) is 3.13. The number of rotatable bonds is 5. The minimum atomic E-state index is -0.167. The van der Waals surface area contributed by atoms with E-state index in [2.05, 4.69) is 36.5 Å². The Morgan fingerprint density at radius 2 is 1.96 bits per heavy atom. The molecular weight excluding hydrogens is 302 g/mol. The van der Waals surface area contributed by atoms with Crippen molar-refractivity contribution in [2.24, 2.45) is 5.92 Å². The maximum atomic E-state index is 12.4. The molecule has 4 heteroatoms. The van der Waals surface area contributed by atoms with Crippen LogP contribution in [0.15, 0.2) is 42.5 Å². The van der Waals surface area contributed by atoms with Crippen LogP contribution in [0.5, 0.6) is 11.5 Å². The van der Waals surface area contributed by atoms with Crippen molar-refractivity contribution in [3.05, 3.63) is 59.2 Å². The maximum absolute atomic E-state index is 12.4. The van der Waals surface area contributed by atoms with Crippen LogP contribution in [-0.2, 0) is 24.2 Å². The van der Waals surface area contributed by atoms with Gasteiger partial charge in [-0.05, 0) is 47.7 Å². The van der Waals surface area contributed by atoms with Crippen LogP contribution < -0.4 is 14.8 Å². The first kappa shape index (κ1) is 16.4. The largest absolute Gasteiger partial charge is 0.497 e. The van der Waals surface area contributed by atoms with Crippen molar-refractivity contribution in [3.8, 4) is 11.5 Å². The molecule has 0 saturated heterocycles. The highest BCUT2D eigenvalue weighted by Crippen LogP contribution is 2.30. The molecule has 2 aromatic carbocycles. The third kappa shape index (κ3) is 3.70. The van der Waals surface area contributed by atoms with Crippen LogP contribution in [0.3, 0.4) is 0 Å². The number of fused-ring (bicyclic) bond motifs is 1. The van der Waals surface area contributed by atoms with Gasteiger partial charge in [-0.25, -0.2) is 0 Å². The molecule has 4 nitrogen and oxygen atoms in total. The smallest absolute Gasteiger partial charge is 0.227 e. The third-order valence-electron chi connectivity index (χ3n) is 4.44. The Kier molecular flexibility index (Phi) is 5.04. The molecule has 1 atom stereocenters. The van der Waals surface area contributed by atoms with Crippen LogP contribution >= 0.6 is 0 Å². The van der Waals surface area contributed by atoms with Gasteiger partial charge in [0.15, 0.2) is 0 Å². The van der Waals surface area contributed by atoms with Crippen molar-refractivity contribution in [1.29, 1.82) is 0 Å². The number of carbonyl (C=O) groups is 1. The fourth-order valence-corrected chi connectivity index (χ4v) is 2.89. The molecule has 0 radical (unpaired) electrons. The fraction of sp³-hybridized carbons (Fsp3) is 0.350. The first-order chi connectivity index (χ1) is 11.7. The molecular formula is C20H23NO3. The third-order valence-corrected chi connectivity index (χ3v) is 4.44. The molecule has 1 N–H and O–H groups in total. The van der Waals surface area contributed by atoms with Gasteiger partial charge in [-0.15, -0.1) is 0 Å². The molecule has 1 aliphatic heterocycles. The lowest BCUT2D eigenvalue weighted by Gasteiger charge is -2.25. The Bertz CT molecular complexity index is 709. The molecule has 0 aliphatic carbocycles. The van der Waals surface area contributed by atoms with Crippen LogP contribution in [-0.4, -0.2) is 19.6 Å². The lowest BCUT2D eigenvalue weighted by atomic mass is 9.95. The van der Waals surface area contributed by atoms with Gasteiger partial charge in [0.1, 0.15) is 18.1 Å². The summed E-state index contributed by atoms with van der Waals surface area (Å²) in [6.45, 7) is 3.09. The molecule has 0 bridgehead atoms. The van der Waals surface area contributed by atoms with Crippen molar-refractivity contribution in [2.45, 2.75) is 26.3 Å². The quantitative estimate of drug-likeness (QED) is 0.919. The molecule has 24 heavy (non-hydrogen) atoms. The number of hydrogen-bond donors (Lipinski definition) is 1. The van der Waals surface area contributed by atoms with E-state index in [0.29, 0.717) is 19.6 Å². The average Bonchev–Trinajstić information content (AvgIpc) is 2.65. The van der Waals surface area contributed by atoms with Crippen molar-refractivity contribution < 1.29 is 14.3 Å². The Labute approximate surface area is 142 Å². The molecule has 0 saturated carbocycles. The molecule has 1 amide bonds. The summed E-state index contributed by atoms with van der Waals surface area (Å²) in [6.07, 6.45) is 1.70. The first-order valence-corrected chi connectivity index (χ1v) is 8.35. The van der Waals surface area contributed by atoms with Gasteiger partial charge < -0.3 is 14.8 Å². The van der Waals surface area contributed by atoms with E-state index in [-0.39, 0.29) is 11.8 Å². The molecule has 2 aromatic rings. The second-order valence-corrected chi connectivity index (χ2v) is 6.07. The highest BCUT2D eigenvalue weighted by molar-refractivity contribution is 5.79. The predicted molar refractivity (Wildman–Crippen MR) is 93.3 cm³/mol. The zero-order chi connectivity index (χ0) is 16.9. The normalized spacial score (nSPS) is 16.0. The molecule has 3 rings (SSSR count). The number of amides is 1. The van der Waals surface area contributed by atoms with Crippen molar-refractivity contribution in [1.82, 2.24) is 5.32 Å². The second-order valence-electron chi connectivity index (χ2n) is 6.07. The minimum Gasteiger partial charge on any atom is -0.497 e. The first-order valence-electron chi connectivity index (χ1n) is 8.35. The Morgan fingerprint density at radius 3 is 2.67 bits per heavy atom. The van der Waals surface area contributed by atoms with Gasteiger partial charge in [0.05, 0.1) is 13.0 Å². The summed E-state index contributed by atoms with van der Waals surface area (Å²) in [4.78, 5) is 12.4. The van der Waals surface area contributed by atoms with E-state index in [1.54, 1.807) is 7.11 Å². The summed E-state index contributed by atoms with van der Waals surface area (Å²) >= 11 is 0. The Balaban J connectivity index is 1.59. The summed E-state index contributed by atoms with van der Waals surface area (Å²) in [5.41, 5.74) is 3.43. The van der Waals surface area contributed by atoms with Gasteiger partial charge >= 0.3 is 0 Å². The monoisotopic (exact) mass is 325 g/mol. The number of hydrogen-bond acceptors (Lipinski definition) is 3. The van der Waals surface area contributed by atoms with Gasteiger partial charge in [-0.3, -0.25) is 4.79 Å². The van der Waals surface area contributed by atoms with E-state index >= 15 is 0 Å². The van der Waals surface area contributed by atoms with E-state index in [1.165, 1.54) is 5.56 Å². The minimum absolute atomic E-state index is 0.0306. The molecule has 126 valence electrons. The second kappa shape index (κ2) is 7.39. The lowest BCUT2D eigenvalue weighted by Crippen LogP contribution is -2.37. The molecule has 0 fully saturated rings. The highest BCUT2D eigenvalue weighted by atomic mass is 16.5. The van der Waals surface area contributed by atoms with Crippen LogP contribution in [0.4, 0.5) is 0 Å². The maximum Gasteiger partial charge on any atom is 0.227 e. The van der Waals surface area contributed by atoms with Gasteiger partial charge in [-0.2, -0.15) is 0 Å². The van der Waals surface area contributed by atoms with Crippen LogP contribution in [0, 0.1) is 5.92 Å². The van der Waals surface area contributed by atoms with Crippen molar-refractivity contribution in [2.75, 3.05) is 13.7 Å².